The van der Waals surface area contributed by atoms with Gasteiger partial charge >= 0.3 is 0 Å². The Labute approximate surface area is 129 Å². The summed E-state index contributed by atoms with van der Waals surface area (Å²) in [5.41, 5.74) is 2.54. The summed E-state index contributed by atoms with van der Waals surface area (Å²) in [7, 11) is -3.04. The summed E-state index contributed by atoms with van der Waals surface area (Å²) in [4.78, 5) is 0. The van der Waals surface area contributed by atoms with Crippen LogP contribution >= 0.6 is 12.2 Å². The number of imidazole rings is 1. The lowest BCUT2D eigenvalue weighted by molar-refractivity contribution is 1.03. The smallest absolute Gasteiger partial charge is 0.163 e. The second-order valence-electron chi connectivity index (χ2n) is 7.21. The molecule has 108 valence electrons. The third-order valence-corrected chi connectivity index (χ3v) is 7.64. The third kappa shape index (κ3) is 2.89. The van der Waals surface area contributed by atoms with Gasteiger partial charge in [0.15, 0.2) is 21.2 Å². The highest BCUT2D eigenvalue weighted by molar-refractivity contribution is 7.71. The molecule has 0 radical (unpaired) electrons. The van der Waals surface area contributed by atoms with Gasteiger partial charge in [-0.05, 0) is 17.8 Å². The van der Waals surface area contributed by atoms with E-state index in [4.69, 9.17) is 12.2 Å². The first-order chi connectivity index (χ1) is 9.12. The van der Waals surface area contributed by atoms with Gasteiger partial charge in [-0.3, -0.25) is 0 Å². The third-order valence-electron chi connectivity index (χ3n) is 3.35. The summed E-state index contributed by atoms with van der Waals surface area (Å²) in [6.07, 6.45) is 2.28. The highest BCUT2D eigenvalue weighted by atomic mass is 32.1. The van der Waals surface area contributed by atoms with Crippen LogP contribution < -0.4 is 0 Å². The van der Waals surface area contributed by atoms with Crippen molar-refractivity contribution in [3.8, 4) is 11.3 Å². The Bertz CT molecular complexity index is 658. The van der Waals surface area contributed by atoms with E-state index in [1.165, 1.54) is 11.3 Å². The predicted molar refractivity (Wildman–Crippen MR) is 96.2 cm³/mol. The molecule has 0 saturated heterocycles. The number of hydrogen-bond donors (Lipinski definition) is 0. The molecule has 2 rings (SSSR count). The summed E-state index contributed by atoms with van der Waals surface area (Å²) in [5.74, 6) is 0. The monoisotopic (exact) mass is 320 g/mol. The van der Waals surface area contributed by atoms with Crippen LogP contribution in [-0.4, -0.2) is 24.9 Å². The van der Waals surface area contributed by atoms with Gasteiger partial charge in [0.05, 0.1) is 5.69 Å². The zero-order chi connectivity index (χ0) is 15.1. The molecule has 0 aliphatic rings. The molecular weight excluding hydrogens is 296 g/mol. The van der Waals surface area contributed by atoms with E-state index in [1.807, 2.05) is 0 Å². The van der Waals surface area contributed by atoms with Crippen LogP contribution in [0.3, 0.4) is 0 Å². The molecule has 0 fully saturated rings. The van der Waals surface area contributed by atoms with Crippen LogP contribution in [0.2, 0.25) is 39.3 Å². The minimum atomic E-state index is -1.55. The lowest BCUT2D eigenvalue weighted by atomic mass is 10.2. The summed E-state index contributed by atoms with van der Waals surface area (Å²) in [5, 5.41) is 0. The Morgan fingerprint density at radius 2 is 1.40 bits per heavy atom. The fraction of sp³-hybridized carbons (Fsp3) is 0.400. The van der Waals surface area contributed by atoms with Crippen LogP contribution in [0.5, 0.6) is 0 Å². The number of hydrogen-bond acceptors (Lipinski definition) is 1. The molecule has 2 aromatic rings. The van der Waals surface area contributed by atoms with Crippen molar-refractivity contribution in [1.82, 2.24) is 8.47 Å². The van der Waals surface area contributed by atoms with Gasteiger partial charge in [-0.25, -0.2) is 0 Å². The van der Waals surface area contributed by atoms with E-state index in [0.29, 0.717) is 0 Å². The number of benzene rings is 1. The minimum absolute atomic E-state index is 1.00. The lowest BCUT2D eigenvalue weighted by Gasteiger charge is -2.23. The van der Waals surface area contributed by atoms with Gasteiger partial charge in [0, 0.05) is 6.20 Å². The van der Waals surface area contributed by atoms with Crippen molar-refractivity contribution in [2.24, 2.45) is 0 Å². The van der Waals surface area contributed by atoms with Crippen molar-refractivity contribution in [1.29, 1.82) is 0 Å². The van der Waals surface area contributed by atoms with Crippen LogP contribution in [0.4, 0.5) is 0 Å². The van der Waals surface area contributed by atoms with E-state index in [1.54, 1.807) is 0 Å². The van der Waals surface area contributed by atoms with Gasteiger partial charge < -0.3 is 8.47 Å². The molecule has 0 bridgehead atoms. The molecule has 0 amide bonds. The highest BCUT2D eigenvalue weighted by Crippen LogP contribution is 2.26. The molecule has 1 heterocycles. The standard InChI is InChI=1S/C15H24N2SSi2/c1-19(2,3)16-12-14(13-10-8-7-9-11-13)17(15(16)18)20(4,5)6/h7-12H,1-6H3. The van der Waals surface area contributed by atoms with Crippen molar-refractivity contribution in [2.45, 2.75) is 39.3 Å². The second-order valence-corrected chi connectivity index (χ2v) is 17.2. The minimum Gasteiger partial charge on any atom is -0.352 e. The van der Waals surface area contributed by atoms with E-state index in [2.05, 4.69) is 84.3 Å². The van der Waals surface area contributed by atoms with Crippen molar-refractivity contribution in [2.75, 3.05) is 0 Å². The number of rotatable bonds is 3. The summed E-state index contributed by atoms with van der Waals surface area (Å²) >= 11 is 5.80. The Hall–Kier alpha value is -0.916. The van der Waals surface area contributed by atoms with Gasteiger partial charge in [-0.2, -0.15) is 0 Å². The summed E-state index contributed by atoms with van der Waals surface area (Å²) < 4.78 is 5.79. The van der Waals surface area contributed by atoms with Crippen LogP contribution in [0.25, 0.3) is 11.3 Å². The molecular formula is C15H24N2SSi2. The fourth-order valence-electron chi connectivity index (χ4n) is 2.39. The first-order valence-corrected chi connectivity index (χ1v) is 14.3. The van der Waals surface area contributed by atoms with Crippen LogP contribution in [-0.2, 0) is 0 Å². The SMILES string of the molecule is C[Si](C)(C)n1cc(-c2ccccc2)n([Si](C)(C)C)c1=S. The maximum absolute atomic E-state index is 5.80. The fourth-order valence-corrected chi connectivity index (χ4v) is 7.06. The van der Waals surface area contributed by atoms with Gasteiger partial charge in [0.2, 0.25) is 0 Å². The molecule has 2 nitrogen and oxygen atoms in total. The van der Waals surface area contributed by atoms with Crippen molar-refractivity contribution in [3.05, 3.63) is 41.3 Å². The molecule has 5 heteroatoms. The number of aromatic nitrogens is 2. The van der Waals surface area contributed by atoms with Crippen molar-refractivity contribution in [3.63, 3.8) is 0 Å². The van der Waals surface area contributed by atoms with E-state index in [-0.39, 0.29) is 0 Å². The quantitative estimate of drug-likeness (QED) is 0.568. The average molecular weight is 321 g/mol. The number of nitrogens with zero attached hydrogens (tertiary/aromatic N) is 2. The molecule has 0 saturated carbocycles. The first-order valence-electron chi connectivity index (χ1n) is 7.03. The molecule has 0 spiro atoms. The van der Waals surface area contributed by atoms with Gasteiger partial charge in [0.1, 0.15) is 0 Å². The van der Waals surface area contributed by atoms with E-state index in [9.17, 15) is 0 Å². The largest absolute Gasteiger partial charge is 0.352 e. The Balaban J connectivity index is 2.78. The first kappa shape index (κ1) is 15.5. The van der Waals surface area contributed by atoms with E-state index in [0.717, 1.165) is 4.77 Å². The normalized spacial score (nSPS) is 12.7. The topological polar surface area (TPSA) is 9.86 Å². The zero-order valence-electron chi connectivity index (χ0n) is 13.3. The lowest BCUT2D eigenvalue weighted by Crippen LogP contribution is -2.36. The van der Waals surface area contributed by atoms with Crippen LogP contribution in [0.1, 0.15) is 0 Å². The molecule has 0 aliphatic carbocycles. The highest BCUT2D eigenvalue weighted by Gasteiger charge is 2.27. The molecule has 0 N–H and O–H groups in total. The molecule has 20 heavy (non-hydrogen) atoms. The summed E-state index contributed by atoms with van der Waals surface area (Å²) in [6, 6.07) is 10.6. The second kappa shape index (κ2) is 5.13. The Morgan fingerprint density at radius 1 is 0.850 bits per heavy atom. The molecule has 0 atom stereocenters. The molecule has 1 aromatic carbocycles. The maximum Gasteiger partial charge on any atom is 0.163 e. The molecule has 0 aliphatic heterocycles. The molecule has 1 aromatic heterocycles. The van der Waals surface area contributed by atoms with Gasteiger partial charge in [0.25, 0.3) is 0 Å². The average Bonchev–Trinajstić information content (AvgIpc) is 2.67. The van der Waals surface area contributed by atoms with Gasteiger partial charge in [-0.1, -0.05) is 69.6 Å². The van der Waals surface area contributed by atoms with E-state index < -0.39 is 16.5 Å². The van der Waals surface area contributed by atoms with E-state index >= 15 is 0 Å². The van der Waals surface area contributed by atoms with Crippen molar-refractivity contribution < 1.29 is 0 Å². The van der Waals surface area contributed by atoms with Crippen LogP contribution in [0.15, 0.2) is 36.5 Å². The molecule has 0 unspecified atom stereocenters. The van der Waals surface area contributed by atoms with Gasteiger partial charge in [-0.15, -0.1) is 0 Å². The van der Waals surface area contributed by atoms with Crippen molar-refractivity contribution >= 4 is 28.7 Å². The Morgan fingerprint density at radius 3 is 1.85 bits per heavy atom. The predicted octanol–water partition coefficient (Wildman–Crippen LogP) is 5.05. The maximum atomic E-state index is 5.80. The Kier molecular flexibility index (Phi) is 3.97. The summed E-state index contributed by atoms with van der Waals surface area (Å²) in [6.45, 7) is 14.1. The van der Waals surface area contributed by atoms with Crippen LogP contribution in [0, 0.1) is 4.77 Å². The zero-order valence-corrected chi connectivity index (χ0v) is 16.1.